The average Bonchev–Trinajstić information content (AvgIpc) is 2.48. The zero-order chi connectivity index (χ0) is 16.1. The summed E-state index contributed by atoms with van der Waals surface area (Å²) in [4.78, 5) is 40.6. The lowest BCUT2D eigenvalue weighted by molar-refractivity contribution is -0.920. The molecule has 0 aromatic heterocycles. The molecular weight excluding hydrogens is 298 g/mol. The summed E-state index contributed by atoms with van der Waals surface area (Å²) in [5.41, 5.74) is -0.304. The monoisotopic (exact) mass is 306 g/mol. The van der Waals surface area contributed by atoms with Crippen LogP contribution in [-0.4, -0.2) is 14.9 Å². The Kier molecular flexibility index (Phi) is 4.22. The normalized spacial score (nSPS) is 9.82. The van der Waals surface area contributed by atoms with Crippen LogP contribution in [0.3, 0.4) is 0 Å². The third kappa shape index (κ3) is 3.72. The Labute approximate surface area is 122 Å². The van der Waals surface area contributed by atoms with Crippen molar-refractivity contribution < 1.29 is 24.6 Å². The van der Waals surface area contributed by atoms with Gasteiger partial charge in [-0.2, -0.15) is 0 Å². The second-order valence-electron chi connectivity index (χ2n) is 3.91. The molecule has 0 saturated heterocycles. The van der Waals surface area contributed by atoms with Crippen LogP contribution in [0.15, 0.2) is 48.5 Å². The Morgan fingerprint density at radius 1 is 0.636 bits per heavy atom. The second-order valence-corrected chi connectivity index (χ2v) is 3.91. The molecule has 10 nitrogen and oxygen atoms in total. The Bertz CT molecular complexity index is 651. The summed E-state index contributed by atoms with van der Waals surface area (Å²) in [6.45, 7) is 0. The predicted octanol–water partition coefficient (Wildman–Crippen LogP) is 2.57. The molecule has 22 heavy (non-hydrogen) atoms. The maximum absolute atomic E-state index is 11.4. The van der Waals surface area contributed by atoms with Gasteiger partial charge in [-0.05, 0) is 24.3 Å². The van der Waals surface area contributed by atoms with E-state index in [0.717, 1.165) is 24.3 Å². The van der Waals surface area contributed by atoms with Crippen LogP contribution in [0, 0.1) is 25.1 Å². The molecule has 2 rings (SSSR count). The molecule has 0 fully saturated rings. The van der Waals surface area contributed by atoms with Crippen molar-refractivity contribution >= 4 is 11.4 Å². The quantitative estimate of drug-likeness (QED) is 0.593. The molecule has 0 bridgehead atoms. The van der Waals surface area contributed by atoms with E-state index in [9.17, 15) is 25.1 Å². The third-order valence-corrected chi connectivity index (χ3v) is 2.45. The van der Waals surface area contributed by atoms with Crippen molar-refractivity contribution in [3.05, 3.63) is 73.7 Å². The lowest BCUT2D eigenvalue weighted by Gasteiger charge is -1.95. The van der Waals surface area contributed by atoms with Crippen molar-refractivity contribution in [2.45, 2.75) is 0 Å². The fourth-order valence-electron chi connectivity index (χ4n) is 1.45. The van der Waals surface area contributed by atoms with E-state index < -0.39 is 9.85 Å². The fourth-order valence-corrected chi connectivity index (χ4v) is 1.45. The largest absolute Gasteiger partial charge is 0.489 e. The molecule has 0 aliphatic carbocycles. The van der Waals surface area contributed by atoms with Crippen LogP contribution in [0.4, 0.5) is 11.4 Å². The second kappa shape index (κ2) is 6.26. The van der Waals surface area contributed by atoms with Crippen LogP contribution >= 0.6 is 0 Å². The van der Waals surface area contributed by atoms with Crippen LogP contribution in [0.2, 0.25) is 0 Å². The molecule has 0 heterocycles. The maximum Gasteiger partial charge on any atom is 0.489 e. The molecule has 10 heteroatoms. The highest BCUT2D eigenvalue weighted by atomic mass is 17.0. The summed E-state index contributed by atoms with van der Waals surface area (Å²) in [5, 5.41) is 20.7. The molecule has 2 aromatic rings. The van der Waals surface area contributed by atoms with Crippen molar-refractivity contribution in [2.24, 2.45) is 0 Å². The van der Waals surface area contributed by atoms with Crippen LogP contribution in [-0.2, 0) is 0 Å². The SMILES string of the molecule is O=[N+](Oc1ccc([N+](=O)[O-])cc1)Oc1ccc([N+](=O)[O-])cc1. The summed E-state index contributed by atoms with van der Waals surface area (Å²) < 4.78 is 0. The van der Waals surface area contributed by atoms with E-state index in [1.165, 1.54) is 24.3 Å². The van der Waals surface area contributed by atoms with Gasteiger partial charge in [-0.3, -0.25) is 20.2 Å². The van der Waals surface area contributed by atoms with E-state index >= 15 is 0 Å². The van der Waals surface area contributed by atoms with E-state index in [2.05, 4.69) is 0 Å². The van der Waals surface area contributed by atoms with Gasteiger partial charge in [-0.15, -0.1) is 9.68 Å². The number of benzene rings is 2. The molecule has 0 spiro atoms. The van der Waals surface area contributed by atoms with Gasteiger partial charge in [0.05, 0.1) is 9.85 Å². The van der Waals surface area contributed by atoms with Gasteiger partial charge in [0, 0.05) is 24.3 Å². The van der Waals surface area contributed by atoms with Crippen LogP contribution < -0.4 is 9.68 Å². The van der Waals surface area contributed by atoms with Crippen molar-refractivity contribution in [1.82, 2.24) is 0 Å². The topological polar surface area (TPSA) is 125 Å². The van der Waals surface area contributed by atoms with E-state index in [4.69, 9.17) is 9.68 Å². The number of hydrogen-bond acceptors (Lipinski definition) is 7. The third-order valence-electron chi connectivity index (χ3n) is 2.45. The smallest absolute Gasteiger partial charge is 0.258 e. The van der Waals surface area contributed by atoms with Gasteiger partial charge in [-0.1, -0.05) is 0 Å². The molecule has 2 aromatic carbocycles. The number of rotatable bonds is 6. The first-order valence-electron chi connectivity index (χ1n) is 5.78. The molecule has 0 aliphatic heterocycles. The number of non-ortho nitro benzene ring substituents is 2. The van der Waals surface area contributed by atoms with Crippen molar-refractivity contribution in [3.8, 4) is 11.5 Å². The molecule has 0 atom stereocenters. The summed E-state index contributed by atoms with van der Waals surface area (Å²) in [5.74, 6) is 0.0602. The van der Waals surface area contributed by atoms with Gasteiger partial charge in [0.2, 0.25) is 11.5 Å². The number of hydrogen-bond donors (Lipinski definition) is 0. The lowest BCUT2D eigenvalue weighted by Crippen LogP contribution is -2.17. The molecule has 0 aliphatic rings. The highest BCUT2D eigenvalue weighted by Crippen LogP contribution is 2.19. The van der Waals surface area contributed by atoms with Crippen molar-refractivity contribution in [2.75, 3.05) is 0 Å². The Morgan fingerprint density at radius 2 is 0.955 bits per heavy atom. The fraction of sp³-hybridized carbons (Fsp3) is 0. The van der Waals surface area contributed by atoms with Gasteiger partial charge in [0.25, 0.3) is 11.4 Å². The first-order valence-corrected chi connectivity index (χ1v) is 5.78. The van der Waals surface area contributed by atoms with Gasteiger partial charge < -0.3 is 0 Å². The van der Waals surface area contributed by atoms with Crippen molar-refractivity contribution in [3.63, 3.8) is 0 Å². The first-order chi connectivity index (χ1) is 10.5. The van der Waals surface area contributed by atoms with Gasteiger partial charge >= 0.3 is 5.09 Å². The average molecular weight is 306 g/mol. The van der Waals surface area contributed by atoms with Crippen LogP contribution in [0.5, 0.6) is 11.5 Å². The van der Waals surface area contributed by atoms with Crippen molar-refractivity contribution in [1.29, 1.82) is 0 Å². The van der Waals surface area contributed by atoms with E-state index in [0.29, 0.717) is 0 Å². The first kappa shape index (κ1) is 14.8. The molecule has 0 saturated carbocycles. The lowest BCUT2D eigenvalue weighted by atomic mass is 10.3. The molecule has 112 valence electrons. The van der Waals surface area contributed by atoms with E-state index in [-0.39, 0.29) is 28.0 Å². The highest BCUT2D eigenvalue weighted by Gasteiger charge is 2.18. The van der Waals surface area contributed by atoms with E-state index in [1.807, 2.05) is 0 Å². The summed E-state index contributed by atoms with van der Waals surface area (Å²) in [6.07, 6.45) is 0. The van der Waals surface area contributed by atoms with Gasteiger partial charge in [-0.25, -0.2) is 0 Å². The molecule has 0 N–H and O–H groups in total. The molecule has 0 radical (unpaired) electrons. The number of nitrogens with zero attached hydrogens (tertiary/aromatic N) is 3. The van der Waals surface area contributed by atoms with E-state index in [1.54, 1.807) is 0 Å². The summed E-state index contributed by atoms with van der Waals surface area (Å²) in [6, 6.07) is 9.54. The summed E-state index contributed by atoms with van der Waals surface area (Å²) in [7, 11) is 0. The minimum absolute atomic E-state index is 0.0301. The van der Waals surface area contributed by atoms with Crippen LogP contribution in [0.25, 0.3) is 0 Å². The minimum Gasteiger partial charge on any atom is -0.258 e. The summed E-state index contributed by atoms with van der Waals surface area (Å²) >= 11 is 0. The zero-order valence-corrected chi connectivity index (χ0v) is 10.8. The number of nitro benzene ring substituents is 2. The molecular formula is C12H8N3O7+. The highest BCUT2D eigenvalue weighted by molar-refractivity contribution is 5.36. The van der Waals surface area contributed by atoms with Gasteiger partial charge in [0.15, 0.2) is 0 Å². The standard InChI is InChI=1S/C12H8N3O7/c16-13(17)9-1-5-11(6-2-9)21-15(20)22-12-7-3-10(4-8-12)14(18)19/h1-8H/q+1. The maximum atomic E-state index is 11.4. The molecule has 0 unspecified atom stereocenters. The van der Waals surface area contributed by atoms with Crippen LogP contribution in [0.1, 0.15) is 0 Å². The number of nitro groups is 2. The Morgan fingerprint density at radius 3 is 1.23 bits per heavy atom. The Balaban J connectivity index is 1.97. The molecule has 0 amide bonds. The van der Waals surface area contributed by atoms with Gasteiger partial charge in [0.1, 0.15) is 4.91 Å². The predicted molar refractivity (Wildman–Crippen MR) is 71.1 cm³/mol. The Hall–Kier alpha value is -3.56. The minimum atomic E-state index is -0.591. The zero-order valence-electron chi connectivity index (χ0n) is 10.8.